The second-order valence-corrected chi connectivity index (χ2v) is 4.17. The molecule has 0 unspecified atom stereocenters. The quantitative estimate of drug-likeness (QED) is 0.813. The second-order valence-electron chi connectivity index (χ2n) is 4.17. The first kappa shape index (κ1) is 11.5. The van der Waals surface area contributed by atoms with Crippen molar-refractivity contribution < 1.29 is 13.7 Å². The molecule has 1 amide bonds. The molecule has 0 spiro atoms. The summed E-state index contributed by atoms with van der Waals surface area (Å²) in [5.74, 6) is 0.501. The normalized spacial score (nSPS) is 15.5. The van der Waals surface area contributed by atoms with Gasteiger partial charge >= 0.3 is 0 Å². The van der Waals surface area contributed by atoms with Crippen LogP contribution in [-0.4, -0.2) is 11.1 Å². The standard InChI is InChI=1S/C13H10FN3O2/c1-7-4-12(17-19-7)15-6-10-9-3-2-8(14)5-11(9)16-13(10)18/h2-6H,1H3,(H,15,17)(H,16,18)/b10-6+. The number of hydrogen-bond donors (Lipinski definition) is 2. The molecule has 2 heterocycles. The van der Waals surface area contributed by atoms with Gasteiger partial charge in [-0.2, -0.15) is 0 Å². The van der Waals surface area contributed by atoms with Gasteiger partial charge in [-0.1, -0.05) is 5.16 Å². The minimum atomic E-state index is -0.389. The van der Waals surface area contributed by atoms with E-state index in [0.717, 1.165) is 0 Å². The van der Waals surface area contributed by atoms with E-state index < -0.39 is 0 Å². The maximum Gasteiger partial charge on any atom is 0.257 e. The van der Waals surface area contributed by atoms with Crippen LogP contribution in [0.5, 0.6) is 0 Å². The molecule has 0 bridgehead atoms. The molecule has 5 nitrogen and oxygen atoms in total. The van der Waals surface area contributed by atoms with Gasteiger partial charge in [-0.25, -0.2) is 4.39 Å². The number of amides is 1. The average molecular weight is 259 g/mol. The van der Waals surface area contributed by atoms with Crippen molar-refractivity contribution in [3.8, 4) is 0 Å². The predicted octanol–water partition coefficient (Wildman–Crippen LogP) is 2.53. The van der Waals surface area contributed by atoms with Crippen LogP contribution >= 0.6 is 0 Å². The van der Waals surface area contributed by atoms with Crippen LogP contribution in [0.3, 0.4) is 0 Å². The van der Waals surface area contributed by atoms with Crippen LogP contribution in [-0.2, 0) is 4.79 Å². The summed E-state index contributed by atoms with van der Waals surface area (Å²) in [4.78, 5) is 11.8. The van der Waals surface area contributed by atoms with Gasteiger partial charge < -0.3 is 15.2 Å². The third-order valence-electron chi connectivity index (χ3n) is 2.76. The fourth-order valence-corrected chi connectivity index (χ4v) is 1.89. The summed E-state index contributed by atoms with van der Waals surface area (Å²) in [6, 6.07) is 5.86. The van der Waals surface area contributed by atoms with Crippen LogP contribution in [0.15, 0.2) is 35.0 Å². The zero-order valence-corrected chi connectivity index (χ0v) is 10.0. The number of carbonyl (C=O) groups excluding carboxylic acids is 1. The summed E-state index contributed by atoms with van der Waals surface area (Å²) in [7, 11) is 0. The molecule has 2 aromatic rings. The van der Waals surface area contributed by atoms with Crippen molar-refractivity contribution in [2.24, 2.45) is 0 Å². The number of benzene rings is 1. The van der Waals surface area contributed by atoms with Crippen LogP contribution < -0.4 is 10.6 Å². The smallest absolute Gasteiger partial charge is 0.257 e. The van der Waals surface area contributed by atoms with Gasteiger partial charge in [0.15, 0.2) is 5.82 Å². The lowest BCUT2D eigenvalue weighted by Gasteiger charge is -1.98. The highest BCUT2D eigenvalue weighted by molar-refractivity contribution is 6.31. The lowest BCUT2D eigenvalue weighted by Crippen LogP contribution is -2.05. The van der Waals surface area contributed by atoms with Gasteiger partial charge in [0.25, 0.3) is 5.91 Å². The summed E-state index contributed by atoms with van der Waals surface area (Å²) in [5, 5.41) is 9.22. The topological polar surface area (TPSA) is 67.2 Å². The minimum Gasteiger partial charge on any atom is -0.360 e. The van der Waals surface area contributed by atoms with E-state index in [1.807, 2.05) is 0 Å². The van der Waals surface area contributed by atoms with Crippen LogP contribution in [0.25, 0.3) is 5.57 Å². The fourth-order valence-electron chi connectivity index (χ4n) is 1.89. The summed E-state index contributed by atoms with van der Waals surface area (Å²) in [6.07, 6.45) is 1.52. The summed E-state index contributed by atoms with van der Waals surface area (Å²) in [6.45, 7) is 1.77. The van der Waals surface area contributed by atoms with Gasteiger partial charge in [-0.15, -0.1) is 0 Å². The SMILES string of the molecule is Cc1cc(N/C=C2/C(=O)Nc3cc(F)ccc32)no1. The predicted molar refractivity (Wildman–Crippen MR) is 67.9 cm³/mol. The molecule has 1 aliphatic heterocycles. The van der Waals surface area contributed by atoms with Crippen LogP contribution in [0.2, 0.25) is 0 Å². The van der Waals surface area contributed by atoms with Crippen molar-refractivity contribution in [2.75, 3.05) is 10.6 Å². The van der Waals surface area contributed by atoms with E-state index in [-0.39, 0.29) is 11.7 Å². The Morgan fingerprint density at radius 1 is 1.42 bits per heavy atom. The lowest BCUT2D eigenvalue weighted by atomic mass is 10.1. The molecule has 3 rings (SSSR count). The van der Waals surface area contributed by atoms with Crippen molar-refractivity contribution in [3.05, 3.63) is 47.6 Å². The molecule has 0 atom stereocenters. The lowest BCUT2D eigenvalue weighted by molar-refractivity contribution is -0.110. The highest BCUT2D eigenvalue weighted by Crippen LogP contribution is 2.32. The fraction of sp³-hybridized carbons (Fsp3) is 0.0769. The monoisotopic (exact) mass is 259 g/mol. The maximum absolute atomic E-state index is 13.1. The van der Waals surface area contributed by atoms with E-state index in [0.29, 0.717) is 28.4 Å². The second kappa shape index (κ2) is 4.24. The molecule has 19 heavy (non-hydrogen) atoms. The Labute approximate surface area is 108 Å². The van der Waals surface area contributed by atoms with Gasteiger partial charge in [0.1, 0.15) is 11.6 Å². The van der Waals surface area contributed by atoms with Gasteiger partial charge in [-0.3, -0.25) is 4.79 Å². The molecule has 0 aliphatic carbocycles. The number of halogens is 1. The van der Waals surface area contributed by atoms with E-state index in [2.05, 4.69) is 15.8 Å². The van der Waals surface area contributed by atoms with Crippen LogP contribution in [0.4, 0.5) is 15.9 Å². The molecule has 96 valence electrons. The zero-order valence-electron chi connectivity index (χ0n) is 10.0. The minimum absolute atomic E-state index is 0.284. The zero-order chi connectivity index (χ0) is 13.4. The number of anilines is 2. The van der Waals surface area contributed by atoms with Crippen molar-refractivity contribution in [2.45, 2.75) is 6.92 Å². The largest absolute Gasteiger partial charge is 0.360 e. The van der Waals surface area contributed by atoms with Crippen LogP contribution in [0, 0.1) is 12.7 Å². The molecule has 0 fully saturated rings. The van der Waals surface area contributed by atoms with E-state index in [1.54, 1.807) is 19.1 Å². The first-order chi connectivity index (χ1) is 9.13. The molecule has 2 N–H and O–H groups in total. The molecule has 0 saturated carbocycles. The first-order valence-electron chi connectivity index (χ1n) is 5.65. The number of nitrogens with zero attached hydrogens (tertiary/aromatic N) is 1. The van der Waals surface area contributed by atoms with Gasteiger partial charge in [0.05, 0.1) is 11.3 Å². The number of rotatable bonds is 2. The third kappa shape index (κ3) is 2.08. The van der Waals surface area contributed by atoms with Crippen molar-refractivity contribution in [1.82, 2.24) is 5.16 Å². The molecule has 1 aromatic heterocycles. The number of aromatic nitrogens is 1. The van der Waals surface area contributed by atoms with Crippen molar-refractivity contribution in [3.63, 3.8) is 0 Å². The average Bonchev–Trinajstić information content (AvgIpc) is 2.89. The number of carbonyl (C=O) groups is 1. The van der Waals surface area contributed by atoms with E-state index in [1.165, 1.54) is 18.3 Å². The number of nitrogens with one attached hydrogen (secondary N) is 2. The maximum atomic E-state index is 13.1. The first-order valence-corrected chi connectivity index (χ1v) is 5.65. The van der Waals surface area contributed by atoms with E-state index >= 15 is 0 Å². The molecule has 0 saturated heterocycles. The third-order valence-corrected chi connectivity index (χ3v) is 2.76. The molecule has 1 aliphatic rings. The Balaban J connectivity index is 1.91. The highest BCUT2D eigenvalue weighted by Gasteiger charge is 2.24. The number of hydrogen-bond acceptors (Lipinski definition) is 4. The van der Waals surface area contributed by atoms with Crippen LogP contribution in [0.1, 0.15) is 11.3 Å². The molecular formula is C13H10FN3O2. The Hall–Kier alpha value is -2.63. The molecule has 1 aromatic carbocycles. The van der Waals surface area contributed by atoms with Crippen molar-refractivity contribution in [1.29, 1.82) is 0 Å². The molecule has 6 heteroatoms. The van der Waals surface area contributed by atoms with E-state index in [9.17, 15) is 9.18 Å². The Kier molecular flexibility index (Phi) is 2.56. The Morgan fingerprint density at radius 2 is 2.26 bits per heavy atom. The van der Waals surface area contributed by atoms with Gasteiger partial charge in [-0.05, 0) is 25.1 Å². The van der Waals surface area contributed by atoms with Gasteiger partial charge in [0, 0.05) is 17.8 Å². The van der Waals surface area contributed by atoms with Crippen molar-refractivity contribution >= 4 is 23.0 Å². The summed E-state index contributed by atoms with van der Waals surface area (Å²) in [5.41, 5.74) is 1.55. The molecule has 0 radical (unpaired) electrons. The Bertz CT molecular complexity index is 691. The van der Waals surface area contributed by atoms with Gasteiger partial charge in [0.2, 0.25) is 0 Å². The Morgan fingerprint density at radius 3 is 3.00 bits per heavy atom. The highest BCUT2D eigenvalue weighted by atomic mass is 19.1. The summed E-state index contributed by atoms with van der Waals surface area (Å²) >= 11 is 0. The molecular weight excluding hydrogens is 249 g/mol. The van der Waals surface area contributed by atoms with E-state index in [4.69, 9.17) is 4.52 Å². The summed E-state index contributed by atoms with van der Waals surface area (Å²) < 4.78 is 18.0. The number of fused-ring (bicyclic) bond motifs is 1. The number of aryl methyl sites for hydroxylation is 1.